The molecule has 0 aromatic carbocycles. The molecule has 1 aliphatic rings. The molecule has 8 heteroatoms. The molecule has 0 atom stereocenters. The van der Waals surface area contributed by atoms with E-state index in [9.17, 15) is 0 Å². The second-order valence-electron chi connectivity index (χ2n) is 5.21. The third kappa shape index (κ3) is 4.75. The predicted octanol–water partition coefficient (Wildman–Crippen LogP) is 1.57. The molecule has 0 bridgehead atoms. The van der Waals surface area contributed by atoms with Crippen LogP contribution in [-0.2, 0) is 0 Å². The van der Waals surface area contributed by atoms with Gasteiger partial charge in [-0.25, -0.2) is 9.97 Å². The van der Waals surface area contributed by atoms with Gasteiger partial charge in [-0.1, -0.05) is 0 Å². The number of pyridine rings is 2. The molecule has 0 unspecified atom stereocenters. The molecule has 8 nitrogen and oxygen atoms in total. The Morgan fingerprint density at radius 1 is 1.08 bits per heavy atom. The lowest BCUT2D eigenvalue weighted by atomic mass is 10.2. The lowest BCUT2D eigenvalue weighted by Crippen LogP contribution is -2.02. The number of nitrogens with two attached hydrogens (primary N) is 2. The van der Waals surface area contributed by atoms with Crippen LogP contribution in [0.25, 0.3) is 0 Å². The van der Waals surface area contributed by atoms with Gasteiger partial charge < -0.3 is 21.3 Å². The molecular formula is C16H16N6O2. The second kappa shape index (κ2) is 7.65. The first-order chi connectivity index (χ1) is 11.5. The van der Waals surface area contributed by atoms with Crippen molar-refractivity contribution in [2.75, 3.05) is 18.1 Å². The summed E-state index contributed by atoms with van der Waals surface area (Å²) in [7, 11) is 0. The summed E-state index contributed by atoms with van der Waals surface area (Å²) < 4.78 is 5.47. The Bertz CT molecular complexity index is 805. The van der Waals surface area contributed by atoms with Gasteiger partial charge in [0, 0.05) is 12.1 Å². The largest absolute Gasteiger partial charge is 0.505 e. The monoisotopic (exact) mass is 324 g/mol. The maximum absolute atomic E-state index is 8.89. The summed E-state index contributed by atoms with van der Waals surface area (Å²) in [5.41, 5.74) is 11.3. The fourth-order valence-corrected chi connectivity index (χ4v) is 1.71. The van der Waals surface area contributed by atoms with Crippen LogP contribution >= 0.6 is 0 Å². The molecule has 0 saturated heterocycles. The van der Waals surface area contributed by atoms with Crippen molar-refractivity contribution < 1.29 is 9.84 Å². The molecule has 1 saturated carbocycles. The van der Waals surface area contributed by atoms with E-state index in [1.54, 1.807) is 6.07 Å². The number of aromatic nitrogens is 2. The zero-order valence-corrected chi connectivity index (χ0v) is 12.8. The van der Waals surface area contributed by atoms with Gasteiger partial charge in [-0.15, -0.1) is 0 Å². The maximum Gasteiger partial charge on any atom is 0.155 e. The van der Waals surface area contributed by atoms with E-state index in [1.165, 1.54) is 31.2 Å². The molecule has 2 aromatic rings. The third-order valence-electron chi connectivity index (χ3n) is 3.20. The minimum absolute atomic E-state index is 0.142. The van der Waals surface area contributed by atoms with Crippen molar-refractivity contribution in [3.05, 3.63) is 35.7 Å². The van der Waals surface area contributed by atoms with E-state index >= 15 is 0 Å². The third-order valence-corrected chi connectivity index (χ3v) is 3.20. The number of nitrogens with zero attached hydrogens (tertiary/aromatic N) is 4. The molecule has 2 heterocycles. The van der Waals surface area contributed by atoms with Gasteiger partial charge >= 0.3 is 0 Å². The van der Waals surface area contributed by atoms with E-state index in [2.05, 4.69) is 9.97 Å². The highest BCUT2D eigenvalue weighted by atomic mass is 16.5. The van der Waals surface area contributed by atoms with Gasteiger partial charge in [-0.05, 0) is 18.8 Å². The van der Waals surface area contributed by atoms with Crippen molar-refractivity contribution in [2.24, 2.45) is 5.92 Å². The Labute approximate surface area is 138 Å². The predicted molar refractivity (Wildman–Crippen MR) is 86.6 cm³/mol. The summed E-state index contributed by atoms with van der Waals surface area (Å²) >= 11 is 0. The molecule has 1 fully saturated rings. The van der Waals surface area contributed by atoms with Gasteiger partial charge in [0.1, 0.15) is 23.8 Å². The van der Waals surface area contributed by atoms with E-state index in [0.717, 1.165) is 6.20 Å². The molecule has 2 aromatic heterocycles. The van der Waals surface area contributed by atoms with Gasteiger partial charge in [0.05, 0.1) is 30.1 Å². The number of nitrogen functional groups attached to an aromatic ring is 2. The van der Waals surface area contributed by atoms with Gasteiger partial charge in [0.25, 0.3) is 0 Å². The highest BCUT2D eigenvalue weighted by molar-refractivity contribution is 5.48. The van der Waals surface area contributed by atoms with Gasteiger partial charge in [-0.3, -0.25) is 0 Å². The van der Waals surface area contributed by atoms with E-state index < -0.39 is 0 Å². The van der Waals surface area contributed by atoms with Crippen molar-refractivity contribution in [3.8, 4) is 23.6 Å². The van der Waals surface area contributed by atoms with Crippen molar-refractivity contribution in [1.82, 2.24) is 9.97 Å². The average Bonchev–Trinajstić information content (AvgIpc) is 3.40. The number of hydrogen-bond donors (Lipinski definition) is 3. The minimum Gasteiger partial charge on any atom is -0.505 e. The van der Waals surface area contributed by atoms with Crippen LogP contribution < -0.4 is 16.2 Å². The topological polar surface area (TPSA) is 155 Å². The number of hydrogen-bond acceptors (Lipinski definition) is 8. The van der Waals surface area contributed by atoms with Crippen LogP contribution in [0.15, 0.2) is 24.5 Å². The summed E-state index contributed by atoms with van der Waals surface area (Å²) in [5, 5.41) is 26.1. The molecule has 0 spiro atoms. The molecule has 3 rings (SSSR count). The highest BCUT2D eigenvalue weighted by Gasteiger charge is 2.22. The first-order valence-corrected chi connectivity index (χ1v) is 7.16. The van der Waals surface area contributed by atoms with E-state index in [4.69, 9.17) is 31.8 Å². The summed E-state index contributed by atoms with van der Waals surface area (Å²) in [5.74, 6) is 1.64. The molecule has 122 valence electrons. The molecule has 5 N–H and O–H groups in total. The van der Waals surface area contributed by atoms with E-state index in [-0.39, 0.29) is 17.1 Å². The van der Waals surface area contributed by atoms with Crippen LogP contribution in [0.5, 0.6) is 11.5 Å². The number of ether oxygens (including phenoxy) is 1. The van der Waals surface area contributed by atoms with Crippen LogP contribution in [0.3, 0.4) is 0 Å². The standard InChI is InChI=1S/C10H11N3O.C6H5N3O/c11-4-8-3-10(12)13-5-9(8)14-6-7-1-2-7;7-2-4-1-6(8)9-3-5(4)10/h3,5,7H,1-2,6H2,(H2,12,13);1,3,10H,(H2,8,9). The molecule has 1 aliphatic carbocycles. The van der Waals surface area contributed by atoms with Gasteiger partial charge in [0.15, 0.2) is 11.5 Å². The van der Waals surface area contributed by atoms with Crippen LogP contribution in [0.1, 0.15) is 24.0 Å². The summed E-state index contributed by atoms with van der Waals surface area (Å²) in [6.07, 6.45) is 5.11. The fourth-order valence-electron chi connectivity index (χ4n) is 1.71. The second-order valence-corrected chi connectivity index (χ2v) is 5.21. The summed E-state index contributed by atoms with van der Waals surface area (Å²) in [6.45, 7) is 0.681. The molecule has 0 radical (unpaired) electrons. The fraction of sp³-hybridized carbons (Fsp3) is 0.250. The molecule has 0 amide bonds. The molecule has 0 aliphatic heterocycles. The molecular weight excluding hydrogens is 308 g/mol. The lowest BCUT2D eigenvalue weighted by molar-refractivity contribution is 0.298. The van der Waals surface area contributed by atoms with Crippen LogP contribution in [-0.4, -0.2) is 21.7 Å². The quantitative estimate of drug-likeness (QED) is 0.768. The first kappa shape index (κ1) is 16.8. The zero-order valence-electron chi connectivity index (χ0n) is 12.8. The highest BCUT2D eigenvalue weighted by Crippen LogP contribution is 2.30. The zero-order chi connectivity index (χ0) is 17.5. The Hall–Kier alpha value is -3.52. The number of anilines is 2. The smallest absolute Gasteiger partial charge is 0.155 e. The Kier molecular flexibility index (Phi) is 5.37. The Morgan fingerprint density at radius 3 is 2.21 bits per heavy atom. The van der Waals surface area contributed by atoms with Crippen molar-refractivity contribution in [1.29, 1.82) is 10.5 Å². The van der Waals surface area contributed by atoms with Gasteiger partial charge in [-0.2, -0.15) is 10.5 Å². The Balaban J connectivity index is 0.000000185. The van der Waals surface area contributed by atoms with Crippen LogP contribution in [0, 0.1) is 28.6 Å². The van der Waals surface area contributed by atoms with E-state index in [0.29, 0.717) is 29.7 Å². The van der Waals surface area contributed by atoms with Crippen LogP contribution in [0.2, 0.25) is 0 Å². The van der Waals surface area contributed by atoms with Crippen LogP contribution in [0.4, 0.5) is 11.6 Å². The van der Waals surface area contributed by atoms with Gasteiger partial charge in [0.2, 0.25) is 0 Å². The Morgan fingerprint density at radius 2 is 1.67 bits per heavy atom. The summed E-state index contributed by atoms with van der Waals surface area (Å²) in [6, 6.07) is 6.65. The first-order valence-electron chi connectivity index (χ1n) is 7.16. The maximum atomic E-state index is 8.89. The number of nitriles is 2. The minimum atomic E-state index is -0.142. The van der Waals surface area contributed by atoms with E-state index in [1.807, 2.05) is 6.07 Å². The van der Waals surface area contributed by atoms with Crippen molar-refractivity contribution in [3.63, 3.8) is 0 Å². The SMILES string of the molecule is N#Cc1cc(N)ncc1O.N#Cc1cc(N)ncc1OCC1CC1. The summed E-state index contributed by atoms with van der Waals surface area (Å²) in [4.78, 5) is 7.45. The number of rotatable bonds is 3. The average molecular weight is 324 g/mol. The van der Waals surface area contributed by atoms with Crippen molar-refractivity contribution in [2.45, 2.75) is 12.8 Å². The number of aromatic hydroxyl groups is 1. The normalized spacial score (nSPS) is 12.2. The van der Waals surface area contributed by atoms with Crippen molar-refractivity contribution >= 4 is 11.6 Å². The lowest BCUT2D eigenvalue weighted by Gasteiger charge is -2.06. The molecule has 24 heavy (non-hydrogen) atoms.